The van der Waals surface area contributed by atoms with E-state index < -0.39 is 0 Å². The maximum absolute atomic E-state index is 3.53. The Morgan fingerprint density at radius 3 is 2.80 bits per heavy atom. The molecule has 1 N–H and O–H groups in total. The van der Waals surface area contributed by atoms with Crippen molar-refractivity contribution >= 4 is 27.7 Å². The summed E-state index contributed by atoms with van der Waals surface area (Å²) in [6, 6.07) is 9.31. The third-order valence-electron chi connectivity index (χ3n) is 2.81. The van der Waals surface area contributed by atoms with Crippen LogP contribution in [0.2, 0.25) is 0 Å². The quantitative estimate of drug-likeness (QED) is 0.896. The molecular formula is C12H16BrNS. The van der Waals surface area contributed by atoms with Crippen molar-refractivity contribution in [3.8, 4) is 0 Å². The highest BCUT2D eigenvalue weighted by molar-refractivity contribution is 9.10. The Bertz CT molecular complexity index is 312. The summed E-state index contributed by atoms with van der Waals surface area (Å²) in [4.78, 5) is 0. The molecule has 1 aliphatic heterocycles. The van der Waals surface area contributed by atoms with Gasteiger partial charge in [-0.15, -0.1) is 0 Å². The largest absolute Gasteiger partial charge is 0.312 e. The summed E-state index contributed by atoms with van der Waals surface area (Å²) >= 11 is 5.56. The highest BCUT2D eigenvalue weighted by atomic mass is 79.9. The van der Waals surface area contributed by atoms with Crippen LogP contribution in [0.4, 0.5) is 0 Å². The normalized spacial score (nSPS) is 26.5. The van der Waals surface area contributed by atoms with E-state index in [2.05, 4.69) is 64.2 Å². The smallest absolute Gasteiger partial charge is 0.0239 e. The van der Waals surface area contributed by atoms with E-state index in [9.17, 15) is 0 Å². The second-order valence-corrected chi connectivity index (χ2v) is 6.25. The van der Waals surface area contributed by atoms with Gasteiger partial charge in [0.25, 0.3) is 0 Å². The van der Waals surface area contributed by atoms with Crippen LogP contribution >= 0.6 is 27.7 Å². The fraction of sp³-hybridized carbons (Fsp3) is 0.500. The van der Waals surface area contributed by atoms with Crippen LogP contribution in [0.25, 0.3) is 0 Å². The van der Waals surface area contributed by atoms with E-state index in [1.165, 1.54) is 17.7 Å². The Labute approximate surface area is 104 Å². The van der Waals surface area contributed by atoms with Crippen molar-refractivity contribution in [2.45, 2.75) is 24.6 Å². The van der Waals surface area contributed by atoms with Gasteiger partial charge in [0.2, 0.25) is 0 Å². The maximum Gasteiger partial charge on any atom is 0.0239 e. The SMILES string of the molecule is CC1NCCSC1Cc1ccc(Br)cc1. The van der Waals surface area contributed by atoms with Crippen molar-refractivity contribution in [3.05, 3.63) is 34.3 Å². The molecule has 1 aromatic carbocycles. The molecule has 82 valence electrons. The number of halogens is 1. The second-order valence-electron chi connectivity index (χ2n) is 3.98. The van der Waals surface area contributed by atoms with E-state index >= 15 is 0 Å². The molecule has 0 saturated carbocycles. The van der Waals surface area contributed by atoms with Crippen molar-refractivity contribution in [2.75, 3.05) is 12.3 Å². The fourth-order valence-electron chi connectivity index (χ4n) is 1.86. The first-order valence-electron chi connectivity index (χ1n) is 5.35. The van der Waals surface area contributed by atoms with Gasteiger partial charge in [-0.25, -0.2) is 0 Å². The lowest BCUT2D eigenvalue weighted by Crippen LogP contribution is -2.42. The number of hydrogen-bond acceptors (Lipinski definition) is 2. The topological polar surface area (TPSA) is 12.0 Å². The van der Waals surface area contributed by atoms with Crippen molar-refractivity contribution in [3.63, 3.8) is 0 Å². The van der Waals surface area contributed by atoms with Gasteiger partial charge in [-0.3, -0.25) is 0 Å². The van der Waals surface area contributed by atoms with Crippen LogP contribution in [-0.2, 0) is 6.42 Å². The van der Waals surface area contributed by atoms with Gasteiger partial charge in [-0.05, 0) is 31.0 Å². The summed E-state index contributed by atoms with van der Waals surface area (Å²) in [7, 11) is 0. The van der Waals surface area contributed by atoms with Crippen molar-refractivity contribution in [1.82, 2.24) is 5.32 Å². The van der Waals surface area contributed by atoms with Gasteiger partial charge < -0.3 is 5.32 Å². The molecule has 1 heterocycles. The van der Waals surface area contributed by atoms with Crippen LogP contribution in [0.15, 0.2) is 28.7 Å². The minimum atomic E-state index is 0.632. The molecule has 1 nitrogen and oxygen atoms in total. The van der Waals surface area contributed by atoms with E-state index in [4.69, 9.17) is 0 Å². The van der Waals surface area contributed by atoms with Crippen molar-refractivity contribution in [2.24, 2.45) is 0 Å². The molecule has 1 aromatic rings. The predicted octanol–water partition coefficient (Wildman–Crippen LogP) is 3.09. The molecule has 0 radical (unpaired) electrons. The molecule has 1 fully saturated rings. The average Bonchev–Trinajstić information content (AvgIpc) is 2.25. The summed E-state index contributed by atoms with van der Waals surface area (Å²) in [5.74, 6) is 1.24. The zero-order valence-electron chi connectivity index (χ0n) is 8.87. The molecule has 0 amide bonds. The Morgan fingerprint density at radius 1 is 1.40 bits per heavy atom. The summed E-state index contributed by atoms with van der Waals surface area (Å²) in [5, 5.41) is 4.26. The fourth-order valence-corrected chi connectivity index (χ4v) is 3.36. The third-order valence-corrected chi connectivity index (χ3v) is 4.78. The van der Waals surface area contributed by atoms with Gasteiger partial charge in [-0.2, -0.15) is 11.8 Å². The standard InChI is InChI=1S/C12H16BrNS/c1-9-12(15-7-6-14-9)8-10-2-4-11(13)5-3-10/h2-5,9,12,14H,6-8H2,1H3. The first kappa shape index (κ1) is 11.5. The predicted molar refractivity (Wildman–Crippen MR) is 71.6 cm³/mol. The molecule has 0 aliphatic carbocycles. The molecule has 0 bridgehead atoms. The first-order chi connectivity index (χ1) is 7.25. The van der Waals surface area contributed by atoms with Crippen LogP contribution in [0.5, 0.6) is 0 Å². The van der Waals surface area contributed by atoms with E-state index in [0.717, 1.165) is 16.3 Å². The monoisotopic (exact) mass is 285 g/mol. The number of thioether (sulfide) groups is 1. The Balaban J connectivity index is 1.98. The van der Waals surface area contributed by atoms with Gasteiger partial charge in [0.15, 0.2) is 0 Å². The van der Waals surface area contributed by atoms with Gasteiger partial charge >= 0.3 is 0 Å². The Morgan fingerprint density at radius 2 is 2.13 bits per heavy atom. The number of rotatable bonds is 2. The van der Waals surface area contributed by atoms with Crippen LogP contribution in [-0.4, -0.2) is 23.6 Å². The van der Waals surface area contributed by atoms with E-state index in [1.54, 1.807) is 0 Å². The molecule has 1 aliphatic rings. The minimum Gasteiger partial charge on any atom is -0.312 e. The molecule has 0 spiro atoms. The Kier molecular flexibility index (Phi) is 4.12. The molecule has 1 saturated heterocycles. The third kappa shape index (κ3) is 3.23. The number of nitrogens with one attached hydrogen (secondary N) is 1. The maximum atomic E-state index is 3.53. The van der Waals surface area contributed by atoms with Crippen LogP contribution in [0.1, 0.15) is 12.5 Å². The Hall–Kier alpha value is 0.01000. The summed E-state index contributed by atoms with van der Waals surface area (Å²) < 4.78 is 1.16. The van der Waals surface area contributed by atoms with Gasteiger partial charge in [0.1, 0.15) is 0 Å². The minimum absolute atomic E-state index is 0.632. The van der Waals surface area contributed by atoms with E-state index in [-0.39, 0.29) is 0 Å². The molecule has 2 atom stereocenters. The van der Waals surface area contributed by atoms with E-state index in [0.29, 0.717) is 6.04 Å². The molecule has 0 aromatic heterocycles. The number of benzene rings is 1. The van der Waals surface area contributed by atoms with Gasteiger partial charge in [0.05, 0.1) is 0 Å². The van der Waals surface area contributed by atoms with Crippen molar-refractivity contribution < 1.29 is 0 Å². The zero-order chi connectivity index (χ0) is 10.7. The summed E-state index contributed by atoms with van der Waals surface area (Å²) in [5.41, 5.74) is 1.44. The molecule has 3 heteroatoms. The van der Waals surface area contributed by atoms with Crippen LogP contribution in [0, 0.1) is 0 Å². The van der Waals surface area contributed by atoms with Crippen LogP contribution < -0.4 is 5.32 Å². The average molecular weight is 286 g/mol. The highest BCUT2D eigenvalue weighted by Crippen LogP contribution is 2.23. The van der Waals surface area contributed by atoms with Gasteiger partial charge in [-0.1, -0.05) is 28.1 Å². The van der Waals surface area contributed by atoms with E-state index in [1.807, 2.05) is 0 Å². The molecule has 2 unspecified atom stereocenters. The molecule has 15 heavy (non-hydrogen) atoms. The lowest BCUT2D eigenvalue weighted by molar-refractivity contribution is 0.529. The van der Waals surface area contributed by atoms with Crippen LogP contribution in [0.3, 0.4) is 0 Å². The lowest BCUT2D eigenvalue weighted by atomic mass is 10.1. The lowest BCUT2D eigenvalue weighted by Gasteiger charge is -2.29. The molecule has 2 rings (SSSR count). The number of hydrogen-bond donors (Lipinski definition) is 1. The van der Waals surface area contributed by atoms with Crippen molar-refractivity contribution in [1.29, 1.82) is 0 Å². The van der Waals surface area contributed by atoms with Gasteiger partial charge in [0, 0.05) is 28.1 Å². The summed E-state index contributed by atoms with van der Waals surface area (Å²) in [6.45, 7) is 3.44. The second kappa shape index (κ2) is 5.37. The summed E-state index contributed by atoms with van der Waals surface area (Å²) in [6.07, 6.45) is 1.17. The first-order valence-corrected chi connectivity index (χ1v) is 7.19. The molecular weight excluding hydrogens is 270 g/mol. The zero-order valence-corrected chi connectivity index (χ0v) is 11.3. The highest BCUT2D eigenvalue weighted by Gasteiger charge is 2.21.